The van der Waals surface area contributed by atoms with Crippen LogP contribution in [0, 0.1) is 5.92 Å². The Balaban J connectivity index is 1.83. The number of aliphatic hydroxyl groups is 1. The van der Waals surface area contributed by atoms with Gasteiger partial charge in [-0.3, -0.25) is 4.79 Å². The number of thiophene rings is 1. The first-order valence-corrected chi connectivity index (χ1v) is 7.59. The number of amides is 1. The molecule has 1 aliphatic carbocycles. The molecule has 1 aromatic rings. The van der Waals surface area contributed by atoms with Gasteiger partial charge >= 0.3 is 0 Å². The Labute approximate surface area is 111 Å². The van der Waals surface area contributed by atoms with Crippen LogP contribution in [0.2, 0.25) is 0 Å². The van der Waals surface area contributed by atoms with Gasteiger partial charge < -0.3 is 10.0 Å². The molecule has 3 rings (SSSR count). The van der Waals surface area contributed by atoms with Crippen molar-refractivity contribution in [1.82, 2.24) is 4.90 Å². The molecule has 0 aromatic carbocycles. The third kappa shape index (κ3) is 2.08. The van der Waals surface area contributed by atoms with E-state index in [9.17, 15) is 9.90 Å². The minimum atomic E-state index is -0.330. The van der Waals surface area contributed by atoms with Crippen LogP contribution in [0.5, 0.6) is 0 Å². The first kappa shape index (κ1) is 12.2. The van der Waals surface area contributed by atoms with Crippen LogP contribution in [0.3, 0.4) is 0 Å². The normalized spacial score (nSPS) is 27.3. The summed E-state index contributed by atoms with van der Waals surface area (Å²) >= 11 is 1.73. The first-order chi connectivity index (χ1) is 8.65. The lowest BCUT2D eigenvalue weighted by molar-refractivity contribution is 0.0764. The van der Waals surface area contributed by atoms with Crippen molar-refractivity contribution in [2.75, 3.05) is 13.1 Å². The minimum absolute atomic E-state index is 0.124. The second-order valence-corrected chi connectivity index (χ2v) is 6.56. The van der Waals surface area contributed by atoms with Gasteiger partial charge in [0.05, 0.1) is 11.7 Å². The fourth-order valence-electron chi connectivity index (χ4n) is 2.95. The van der Waals surface area contributed by atoms with Gasteiger partial charge in [-0.25, -0.2) is 0 Å². The smallest absolute Gasteiger partial charge is 0.255 e. The molecule has 0 radical (unpaired) electrons. The van der Waals surface area contributed by atoms with Gasteiger partial charge in [0.25, 0.3) is 5.91 Å². The van der Waals surface area contributed by atoms with Crippen LogP contribution in [0.4, 0.5) is 0 Å². The molecule has 1 unspecified atom stereocenters. The van der Waals surface area contributed by atoms with E-state index >= 15 is 0 Å². The highest BCUT2D eigenvalue weighted by Gasteiger charge is 2.29. The number of nitrogens with zero attached hydrogens (tertiary/aromatic N) is 1. The molecule has 1 aliphatic heterocycles. The topological polar surface area (TPSA) is 40.5 Å². The lowest BCUT2D eigenvalue weighted by Crippen LogP contribution is -2.30. The van der Waals surface area contributed by atoms with E-state index < -0.39 is 0 Å². The number of carbonyl (C=O) groups is 1. The maximum atomic E-state index is 12.4. The van der Waals surface area contributed by atoms with Gasteiger partial charge in [0, 0.05) is 23.3 Å². The third-order valence-corrected chi connectivity index (χ3v) is 5.13. The lowest BCUT2D eigenvalue weighted by Gasteiger charge is -2.20. The summed E-state index contributed by atoms with van der Waals surface area (Å²) < 4.78 is 0. The van der Waals surface area contributed by atoms with Crippen LogP contribution < -0.4 is 0 Å². The van der Waals surface area contributed by atoms with Crippen molar-refractivity contribution in [2.45, 2.75) is 38.7 Å². The summed E-state index contributed by atoms with van der Waals surface area (Å²) in [5.41, 5.74) is 2.18. The van der Waals surface area contributed by atoms with Crippen LogP contribution in [0.15, 0.2) is 5.38 Å². The van der Waals surface area contributed by atoms with Crippen LogP contribution in [-0.2, 0) is 12.8 Å². The molecule has 1 aromatic heterocycles. The SMILES string of the molecule is CC1CCc2c(C(=O)N3CC[C@@H](O)C3)csc2C1. The predicted molar refractivity (Wildman–Crippen MR) is 72.0 cm³/mol. The monoisotopic (exact) mass is 265 g/mol. The second-order valence-electron chi connectivity index (χ2n) is 5.59. The summed E-state index contributed by atoms with van der Waals surface area (Å²) in [6.07, 6.45) is 3.73. The molecule has 2 atom stereocenters. The highest BCUT2D eigenvalue weighted by atomic mass is 32.1. The number of hydrogen-bond donors (Lipinski definition) is 1. The molecule has 3 nitrogen and oxygen atoms in total. The minimum Gasteiger partial charge on any atom is -0.391 e. The highest BCUT2D eigenvalue weighted by Crippen LogP contribution is 2.33. The lowest BCUT2D eigenvalue weighted by atomic mass is 9.88. The summed E-state index contributed by atoms with van der Waals surface area (Å²) in [7, 11) is 0. The van der Waals surface area contributed by atoms with Gasteiger partial charge in [-0.1, -0.05) is 6.92 Å². The molecule has 4 heteroatoms. The Bertz CT molecular complexity index is 468. The van der Waals surface area contributed by atoms with Crippen LogP contribution >= 0.6 is 11.3 Å². The molecule has 98 valence electrons. The van der Waals surface area contributed by atoms with E-state index in [1.165, 1.54) is 16.9 Å². The number of carbonyl (C=O) groups excluding carboxylic acids is 1. The number of aliphatic hydroxyl groups excluding tert-OH is 1. The molecule has 1 saturated heterocycles. The summed E-state index contributed by atoms with van der Waals surface area (Å²) in [6, 6.07) is 0. The molecule has 18 heavy (non-hydrogen) atoms. The highest BCUT2D eigenvalue weighted by molar-refractivity contribution is 7.10. The van der Waals surface area contributed by atoms with Gasteiger partial charge in [0.1, 0.15) is 0 Å². The molecular weight excluding hydrogens is 246 g/mol. The van der Waals surface area contributed by atoms with E-state index in [1.807, 2.05) is 5.38 Å². The van der Waals surface area contributed by atoms with Gasteiger partial charge in [-0.2, -0.15) is 0 Å². The number of rotatable bonds is 1. The van der Waals surface area contributed by atoms with Crippen LogP contribution in [0.25, 0.3) is 0 Å². The molecule has 0 bridgehead atoms. The third-order valence-electron chi connectivity index (χ3n) is 4.08. The zero-order valence-electron chi connectivity index (χ0n) is 10.7. The van der Waals surface area contributed by atoms with Crippen LogP contribution in [-0.4, -0.2) is 35.1 Å². The van der Waals surface area contributed by atoms with Crippen molar-refractivity contribution in [3.8, 4) is 0 Å². The average molecular weight is 265 g/mol. The summed E-state index contributed by atoms with van der Waals surface area (Å²) in [5.74, 6) is 0.867. The van der Waals surface area contributed by atoms with Gasteiger partial charge in [0.15, 0.2) is 0 Å². The molecule has 2 aliphatic rings. The molecular formula is C14H19NO2S. The fourth-order valence-corrected chi connectivity index (χ4v) is 4.19. The first-order valence-electron chi connectivity index (χ1n) is 6.71. The van der Waals surface area contributed by atoms with Gasteiger partial charge in [-0.05, 0) is 37.2 Å². The summed E-state index contributed by atoms with van der Waals surface area (Å²) in [4.78, 5) is 15.6. The fraction of sp³-hybridized carbons (Fsp3) is 0.643. The quantitative estimate of drug-likeness (QED) is 0.844. The zero-order valence-corrected chi connectivity index (χ0v) is 11.5. The molecule has 1 N–H and O–H groups in total. The summed E-state index contributed by atoms with van der Waals surface area (Å²) in [5, 5.41) is 11.6. The number of fused-ring (bicyclic) bond motifs is 1. The molecule has 0 spiro atoms. The molecule has 1 fully saturated rings. The standard InChI is InChI=1S/C14H19NO2S/c1-9-2-3-11-12(8-18-13(11)6-9)14(17)15-5-4-10(16)7-15/h8-10,16H,2-7H2,1H3/t9?,10-/m1/s1. The molecule has 2 heterocycles. The largest absolute Gasteiger partial charge is 0.391 e. The predicted octanol–water partition coefficient (Wildman–Crippen LogP) is 2.08. The molecule has 1 amide bonds. The Morgan fingerprint density at radius 1 is 1.50 bits per heavy atom. The van der Waals surface area contributed by atoms with E-state index in [4.69, 9.17) is 0 Å². The van der Waals surface area contributed by atoms with E-state index in [1.54, 1.807) is 16.2 Å². The average Bonchev–Trinajstić information content (AvgIpc) is 2.94. The Kier molecular flexibility index (Phi) is 3.16. The maximum absolute atomic E-state index is 12.4. The van der Waals surface area contributed by atoms with E-state index in [0.29, 0.717) is 13.1 Å². The van der Waals surface area contributed by atoms with Gasteiger partial charge in [-0.15, -0.1) is 11.3 Å². The van der Waals surface area contributed by atoms with E-state index in [2.05, 4.69) is 6.92 Å². The van der Waals surface area contributed by atoms with Crippen molar-refractivity contribution >= 4 is 17.2 Å². The Hall–Kier alpha value is -0.870. The second kappa shape index (κ2) is 4.67. The van der Waals surface area contributed by atoms with E-state index in [0.717, 1.165) is 30.7 Å². The van der Waals surface area contributed by atoms with Crippen molar-refractivity contribution in [1.29, 1.82) is 0 Å². The number of likely N-dealkylation sites (tertiary alicyclic amines) is 1. The Morgan fingerprint density at radius 3 is 3.06 bits per heavy atom. The van der Waals surface area contributed by atoms with Crippen molar-refractivity contribution in [2.24, 2.45) is 5.92 Å². The van der Waals surface area contributed by atoms with Gasteiger partial charge in [0.2, 0.25) is 0 Å². The van der Waals surface area contributed by atoms with Crippen LogP contribution in [0.1, 0.15) is 40.6 Å². The van der Waals surface area contributed by atoms with E-state index in [-0.39, 0.29) is 12.0 Å². The Morgan fingerprint density at radius 2 is 2.33 bits per heavy atom. The number of hydrogen-bond acceptors (Lipinski definition) is 3. The zero-order chi connectivity index (χ0) is 12.7. The van der Waals surface area contributed by atoms with Crippen molar-refractivity contribution in [3.05, 3.63) is 21.4 Å². The number of β-amino-alcohol motifs (C(OH)–C–C–N with tert-alkyl or cyclic N) is 1. The van der Waals surface area contributed by atoms with Crippen molar-refractivity contribution in [3.63, 3.8) is 0 Å². The summed E-state index contributed by atoms with van der Waals surface area (Å²) in [6.45, 7) is 3.47. The maximum Gasteiger partial charge on any atom is 0.255 e. The van der Waals surface area contributed by atoms with Crippen molar-refractivity contribution < 1.29 is 9.90 Å². The molecule has 0 saturated carbocycles.